The fourth-order valence-corrected chi connectivity index (χ4v) is 2.60. The Hall–Kier alpha value is -1.59. The van der Waals surface area contributed by atoms with Crippen molar-refractivity contribution in [2.75, 3.05) is 13.2 Å². The minimum absolute atomic E-state index is 0.465. The van der Waals surface area contributed by atoms with Gasteiger partial charge in [-0.05, 0) is 31.5 Å². The van der Waals surface area contributed by atoms with Crippen molar-refractivity contribution in [3.63, 3.8) is 0 Å². The molecule has 0 saturated heterocycles. The van der Waals surface area contributed by atoms with Crippen molar-refractivity contribution in [2.24, 2.45) is 5.73 Å². The molecule has 1 heterocycles. The second-order valence-corrected chi connectivity index (χ2v) is 5.15. The summed E-state index contributed by atoms with van der Waals surface area (Å²) in [6.45, 7) is 5.81. The third-order valence-corrected chi connectivity index (χ3v) is 3.65. The van der Waals surface area contributed by atoms with Gasteiger partial charge in [-0.15, -0.1) is 11.3 Å². The van der Waals surface area contributed by atoms with Crippen LogP contribution >= 0.6 is 11.3 Å². The lowest BCUT2D eigenvalue weighted by Crippen LogP contribution is -2.00. The van der Waals surface area contributed by atoms with Gasteiger partial charge in [0.15, 0.2) is 11.5 Å². The Labute approximate surface area is 123 Å². The average molecular weight is 292 g/mol. The first-order valence-electron chi connectivity index (χ1n) is 6.83. The Bertz CT molecular complexity index is 555. The number of hydrogen-bond acceptors (Lipinski definition) is 5. The van der Waals surface area contributed by atoms with Crippen molar-refractivity contribution in [1.82, 2.24) is 4.98 Å². The van der Waals surface area contributed by atoms with Crippen molar-refractivity contribution in [3.8, 4) is 22.1 Å². The number of aromatic nitrogens is 1. The zero-order valence-corrected chi connectivity index (χ0v) is 12.7. The summed E-state index contributed by atoms with van der Waals surface area (Å²) in [4.78, 5) is 4.49. The minimum Gasteiger partial charge on any atom is -0.490 e. The first-order chi connectivity index (χ1) is 9.78. The minimum atomic E-state index is 0.465. The maximum absolute atomic E-state index is 5.69. The predicted octanol–water partition coefficient (Wildman–Crippen LogP) is 3.46. The SMILES string of the molecule is CCCOc1ccc(-c2nc(CN)cs2)cc1OCC. The van der Waals surface area contributed by atoms with Crippen LogP contribution in [0.5, 0.6) is 11.5 Å². The molecular formula is C15H20N2O2S. The van der Waals surface area contributed by atoms with Crippen LogP contribution in [0.4, 0.5) is 0 Å². The number of thiazole rings is 1. The normalized spacial score (nSPS) is 10.6. The molecule has 108 valence electrons. The zero-order valence-electron chi connectivity index (χ0n) is 11.9. The number of rotatable bonds is 7. The Morgan fingerprint density at radius 2 is 2.05 bits per heavy atom. The topological polar surface area (TPSA) is 57.4 Å². The lowest BCUT2D eigenvalue weighted by Gasteiger charge is -2.12. The van der Waals surface area contributed by atoms with Crippen LogP contribution in [0, 0.1) is 0 Å². The highest BCUT2D eigenvalue weighted by molar-refractivity contribution is 7.13. The molecule has 2 rings (SSSR count). The van der Waals surface area contributed by atoms with E-state index in [1.165, 1.54) is 0 Å². The Morgan fingerprint density at radius 3 is 2.70 bits per heavy atom. The summed E-state index contributed by atoms with van der Waals surface area (Å²) in [5.41, 5.74) is 7.54. The van der Waals surface area contributed by atoms with Crippen molar-refractivity contribution >= 4 is 11.3 Å². The van der Waals surface area contributed by atoms with Crippen LogP contribution < -0.4 is 15.2 Å². The smallest absolute Gasteiger partial charge is 0.161 e. The lowest BCUT2D eigenvalue weighted by atomic mass is 10.2. The number of nitrogens with two attached hydrogens (primary N) is 1. The predicted molar refractivity (Wildman–Crippen MR) is 82.4 cm³/mol. The van der Waals surface area contributed by atoms with Gasteiger partial charge in [0, 0.05) is 17.5 Å². The quantitative estimate of drug-likeness (QED) is 0.849. The molecule has 0 bridgehead atoms. The molecule has 0 unspecified atom stereocenters. The van der Waals surface area contributed by atoms with Crippen LogP contribution in [-0.4, -0.2) is 18.2 Å². The van der Waals surface area contributed by atoms with E-state index in [-0.39, 0.29) is 0 Å². The molecule has 1 aromatic heterocycles. The van der Waals surface area contributed by atoms with Gasteiger partial charge in [0.25, 0.3) is 0 Å². The van der Waals surface area contributed by atoms with Crippen molar-refractivity contribution < 1.29 is 9.47 Å². The number of benzene rings is 1. The summed E-state index contributed by atoms with van der Waals surface area (Å²) in [7, 11) is 0. The molecule has 0 atom stereocenters. The second-order valence-electron chi connectivity index (χ2n) is 4.29. The number of hydrogen-bond donors (Lipinski definition) is 1. The summed E-state index contributed by atoms with van der Waals surface area (Å²) in [6, 6.07) is 5.93. The van der Waals surface area contributed by atoms with Gasteiger partial charge in [0.2, 0.25) is 0 Å². The lowest BCUT2D eigenvalue weighted by molar-refractivity contribution is 0.277. The van der Waals surface area contributed by atoms with E-state index in [1.54, 1.807) is 11.3 Å². The molecule has 0 aliphatic heterocycles. The molecule has 2 N–H and O–H groups in total. The van der Waals surface area contributed by atoms with Gasteiger partial charge in [0.1, 0.15) is 5.01 Å². The van der Waals surface area contributed by atoms with E-state index in [0.29, 0.717) is 19.8 Å². The largest absolute Gasteiger partial charge is 0.490 e. The van der Waals surface area contributed by atoms with E-state index in [9.17, 15) is 0 Å². The van der Waals surface area contributed by atoms with E-state index < -0.39 is 0 Å². The molecule has 5 heteroatoms. The summed E-state index contributed by atoms with van der Waals surface area (Å²) >= 11 is 1.59. The fraction of sp³-hybridized carbons (Fsp3) is 0.400. The second kappa shape index (κ2) is 7.26. The monoisotopic (exact) mass is 292 g/mol. The van der Waals surface area contributed by atoms with Crippen molar-refractivity contribution in [1.29, 1.82) is 0 Å². The Balaban J connectivity index is 2.28. The fourth-order valence-electron chi connectivity index (χ4n) is 1.77. The highest BCUT2D eigenvalue weighted by Gasteiger charge is 2.10. The highest BCUT2D eigenvalue weighted by Crippen LogP contribution is 2.34. The van der Waals surface area contributed by atoms with E-state index in [0.717, 1.165) is 34.2 Å². The maximum Gasteiger partial charge on any atom is 0.161 e. The molecule has 4 nitrogen and oxygen atoms in total. The van der Waals surface area contributed by atoms with Gasteiger partial charge in [-0.25, -0.2) is 4.98 Å². The molecule has 0 radical (unpaired) electrons. The van der Waals surface area contributed by atoms with Gasteiger partial charge in [-0.2, -0.15) is 0 Å². The van der Waals surface area contributed by atoms with Gasteiger partial charge >= 0.3 is 0 Å². The van der Waals surface area contributed by atoms with Crippen LogP contribution in [0.2, 0.25) is 0 Å². The molecule has 0 aliphatic carbocycles. The number of ether oxygens (including phenoxy) is 2. The van der Waals surface area contributed by atoms with Gasteiger partial charge in [-0.1, -0.05) is 6.92 Å². The number of nitrogens with zero attached hydrogens (tertiary/aromatic N) is 1. The molecule has 0 amide bonds. The van der Waals surface area contributed by atoms with Crippen molar-refractivity contribution in [3.05, 3.63) is 29.3 Å². The first-order valence-corrected chi connectivity index (χ1v) is 7.71. The van der Waals surface area contributed by atoms with E-state index >= 15 is 0 Å². The van der Waals surface area contributed by atoms with E-state index in [4.69, 9.17) is 15.2 Å². The Morgan fingerprint density at radius 1 is 1.20 bits per heavy atom. The summed E-state index contributed by atoms with van der Waals surface area (Å²) in [5.74, 6) is 1.55. The van der Waals surface area contributed by atoms with Gasteiger partial charge < -0.3 is 15.2 Å². The average Bonchev–Trinajstić information content (AvgIpc) is 2.95. The third-order valence-electron chi connectivity index (χ3n) is 2.71. The Kier molecular flexibility index (Phi) is 5.38. The summed E-state index contributed by atoms with van der Waals surface area (Å²) < 4.78 is 11.4. The van der Waals surface area contributed by atoms with Gasteiger partial charge in [-0.3, -0.25) is 0 Å². The summed E-state index contributed by atoms with van der Waals surface area (Å²) in [5, 5.41) is 2.94. The zero-order chi connectivity index (χ0) is 14.4. The van der Waals surface area contributed by atoms with Crippen LogP contribution in [0.15, 0.2) is 23.6 Å². The van der Waals surface area contributed by atoms with Gasteiger partial charge in [0.05, 0.1) is 18.9 Å². The van der Waals surface area contributed by atoms with Crippen LogP contribution in [0.25, 0.3) is 10.6 Å². The van der Waals surface area contributed by atoms with Crippen molar-refractivity contribution in [2.45, 2.75) is 26.8 Å². The molecule has 0 saturated carbocycles. The molecule has 0 aliphatic rings. The highest BCUT2D eigenvalue weighted by atomic mass is 32.1. The van der Waals surface area contributed by atoms with Crippen LogP contribution in [-0.2, 0) is 6.54 Å². The van der Waals surface area contributed by atoms with E-state index in [1.807, 2.05) is 30.5 Å². The third kappa shape index (κ3) is 3.49. The molecular weight excluding hydrogens is 272 g/mol. The maximum atomic E-state index is 5.69. The molecule has 20 heavy (non-hydrogen) atoms. The molecule has 2 aromatic rings. The standard InChI is InChI=1S/C15H20N2O2S/c1-3-7-19-13-6-5-11(8-14(13)18-4-2)15-17-12(9-16)10-20-15/h5-6,8,10H,3-4,7,9,16H2,1-2H3. The first kappa shape index (κ1) is 14.8. The van der Waals surface area contributed by atoms with Crippen LogP contribution in [0.3, 0.4) is 0 Å². The van der Waals surface area contributed by atoms with Crippen LogP contribution in [0.1, 0.15) is 26.0 Å². The molecule has 1 aromatic carbocycles. The molecule has 0 spiro atoms. The van der Waals surface area contributed by atoms with E-state index in [2.05, 4.69) is 11.9 Å². The summed E-state index contributed by atoms with van der Waals surface area (Å²) in [6.07, 6.45) is 0.972. The molecule has 0 fully saturated rings.